The van der Waals surface area contributed by atoms with Crippen LogP contribution in [0.4, 0.5) is 5.69 Å². The molecule has 4 rings (SSSR count). The average molecular weight is 385 g/mol. The van der Waals surface area contributed by atoms with E-state index < -0.39 is 0 Å². The molecular weight excluding hydrogens is 362 g/mol. The van der Waals surface area contributed by atoms with Crippen molar-refractivity contribution in [1.29, 1.82) is 0 Å². The van der Waals surface area contributed by atoms with Gasteiger partial charge < -0.3 is 20.6 Å². The van der Waals surface area contributed by atoms with Crippen LogP contribution in [0.25, 0.3) is 0 Å². The summed E-state index contributed by atoms with van der Waals surface area (Å²) in [6.07, 6.45) is 8.00. The fourth-order valence-electron chi connectivity index (χ4n) is 3.12. The summed E-state index contributed by atoms with van der Waals surface area (Å²) in [5.74, 6) is 7.29. The highest BCUT2D eigenvalue weighted by molar-refractivity contribution is 6.13. The third-order valence-electron chi connectivity index (χ3n) is 4.58. The highest BCUT2D eigenvalue weighted by Crippen LogP contribution is 2.34. The Morgan fingerprint density at radius 2 is 1.72 bits per heavy atom. The number of ether oxygens (including phenoxy) is 2. The number of nitrogens with zero attached hydrogens (tertiary/aromatic N) is 1. The van der Waals surface area contributed by atoms with E-state index in [0.717, 1.165) is 39.6 Å². The highest BCUT2D eigenvalue weighted by atomic mass is 16.7. The number of nitrogens with one attached hydrogen (secondary N) is 1. The van der Waals surface area contributed by atoms with E-state index in [-0.39, 0.29) is 6.79 Å². The predicted molar refractivity (Wildman–Crippen MR) is 117 cm³/mol. The molecule has 0 fully saturated rings. The van der Waals surface area contributed by atoms with E-state index in [1.165, 1.54) is 5.56 Å². The molecule has 0 saturated carbocycles. The summed E-state index contributed by atoms with van der Waals surface area (Å²) in [7, 11) is 0. The summed E-state index contributed by atoms with van der Waals surface area (Å²) in [4.78, 5) is 0. The third-order valence-corrected chi connectivity index (χ3v) is 4.58. The molecule has 0 aromatic heterocycles. The lowest BCUT2D eigenvalue weighted by molar-refractivity contribution is 0.174. The number of anilines is 1. The zero-order valence-corrected chi connectivity index (χ0v) is 16.3. The largest absolute Gasteiger partial charge is 0.454 e. The molecule has 0 atom stereocenters. The van der Waals surface area contributed by atoms with Gasteiger partial charge in [0.1, 0.15) is 0 Å². The first-order chi connectivity index (χ1) is 14.2. The van der Waals surface area contributed by atoms with E-state index in [0.29, 0.717) is 6.54 Å². The Balaban J connectivity index is 0.00000117. The van der Waals surface area contributed by atoms with Crippen LogP contribution in [0.2, 0.25) is 0 Å². The van der Waals surface area contributed by atoms with Crippen LogP contribution in [0.15, 0.2) is 71.8 Å². The Kier molecular flexibility index (Phi) is 6.39. The van der Waals surface area contributed by atoms with E-state index in [1.807, 2.05) is 48.5 Å². The first kappa shape index (κ1) is 19.8. The van der Waals surface area contributed by atoms with E-state index >= 15 is 0 Å². The van der Waals surface area contributed by atoms with Crippen LogP contribution in [0.1, 0.15) is 22.3 Å². The third kappa shape index (κ3) is 4.50. The van der Waals surface area contributed by atoms with Crippen LogP contribution >= 0.6 is 0 Å². The second kappa shape index (κ2) is 9.34. The molecule has 5 nitrogen and oxygen atoms in total. The van der Waals surface area contributed by atoms with Crippen LogP contribution in [-0.4, -0.2) is 12.5 Å². The maximum absolute atomic E-state index is 5.75. The lowest BCUT2D eigenvalue weighted by Crippen LogP contribution is -2.12. The molecule has 0 amide bonds. The summed E-state index contributed by atoms with van der Waals surface area (Å²) >= 11 is 0. The van der Waals surface area contributed by atoms with Gasteiger partial charge in [-0.05, 0) is 24.6 Å². The molecule has 3 aromatic carbocycles. The Labute approximate surface area is 171 Å². The first-order valence-corrected chi connectivity index (χ1v) is 9.14. The van der Waals surface area contributed by atoms with Gasteiger partial charge in [0.2, 0.25) is 6.79 Å². The molecule has 3 N–H and O–H groups in total. The number of nitrogens with two attached hydrogens (primary N) is 1. The molecule has 0 spiro atoms. The van der Waals surface area contributed by atoms with E-state index in [9.17, 15) is 0 Å². The minimum Gasteiger partial charge on any atom is -0.454 e. The van der Waals surface area contributed by atoms with Gasteiger partial charge in [0, 0.05) is 29.4 Å². The molecule has 146 valence electrons. The number of hydrogen-bond donors (Lipinski definition) is 2. The fourth-order valence-corrected chi connectivity index (χ4v) is 3.12. The summed E-state index contributed by atoms with van der Waals surface area (Å²) in [6, 6.07) is 22.2. The van der Waals surface area contributed by atoms with Crippen molar-refractivity contribution < 1.29 is 9.47 Å². The molecule has 29 heavy (non-hydrogen) atoms. The molecule has 1 heterocycles. The smallest absolute Gasteiger partial charge is 0.231 e. The molecule has 0 bridgehead atoms. The number of rotatable bonds is 5. The molecule has 1 aliphatic rings. The molecule has 5 heteroatoms. The maximum atomic E-state index is 5.75. The summed E-state index contributed by atoms with van der Waals surface area (Å²) in [5.41, 5.74) is 6.07. The van der Waals surface area contributed by atoms with Crippen molar-refractivity contribution in [3.63, 3.8) is 0 Å². The van der Waals surface area contributed by atoms with Gasteiger partial charge in [-0.25, -0.2) is 0 Å². The van der Waals surface area contributed by atoms with Gasteiger partial charge in [0.05, 0.1) is 5.71 Å². The van der Waals surface area contributed by atoms with Gasteiger partial charge in [-0.2, -0.15) is 5.10 Å². The SMILES string of the molecule is C#C.Cc1ccc(/C(=N/N)c2ccccc2CNc2ccc3c(c2)OCO3)cc1. The van der Waals surface area contributed by atoms with Crippen molar-refractivity contribution in [1.82, 2.24) is 0 Å². The fraction of sp³-hybridized carbons (Fsp3) is 0.125. The highest BCUT2D eigenvalue weighted by Gasteiger charge is 2.14. The van der Waals surface area contributed by atoms with Crippen LogP contribution < -0.4 is 20.6 Å². The number of benzene rings is 3. The van der Waals surface area contributed by atoms with Crippen LogP contribution in [0.3, 0.4) is 0 Å². The molecule has 3 aromatic rings. The predicted octanol–water partition coefficient (Wildman–Crippen LogP) is 4.30. The summed E-state index contributed by atoms with van der Waals surface area (Å²) < 4.78 is 10.8. The van der Waals surface area contributed by atoms with Crippen molar-refractivity contribution in [2.24, 2.45) is 10.9 Å². The molecule has 0 unspecified atom stereocenters. The Bertz CT molecular complexity index is 1020. The van der Waals surface area contributed by atoms with Crippen LogP contribution in [-0.2, 0) is 6.54 Å². The van der Waals surface area contributed by atoms with Gasteiger partial charge in [-0.15, -0.1) is 12.8 Å². The molecule has 0 aliphatic carbocycles. The topological polar surface area (TPSA) is 68.9 Å². The quantitative estimate of drug-likeness (QED) is 0.297. The Morgan fingerprint density at radius 1 is 1.00 bits per heavy atom. The second-order valence-corrected chi connectivity index (χ2v) is 6.42. The number of hydrogen-bond acceptors (Lipinski definition) is 5. The zero-order chi connectivity index (χ0) is 20.6. The van der Waals surface area contributed by atoms with E-state index in [1.54, 1.807) is 0 Å². The lowest BCUT2D eigenvalue weighted by atomic mass is 9.97. The number of terminal acetylenes is 1. The maximum Gasteiger partial charge on any atom is 0.231 e. The second-order valence-electron chi connectivity index (χ2n) is 6.42. The lowest BCUT2D eigenvalue weighted by Gasteiger charge is -2.14. The Hall–Kier alpha value is -3.91. The van der Waals surface area contributed by atoms with Gasteiger partial charge in [0.25, 0.3) is 0 Å². The van der Waals surface area contributed by atoms with Crippen LogP contribution in [0.5, 0.6) is 11.5 Å². The number of hydrazone groups is 1. The van der Waals surface area contributed by atoms with Gasteiger partial charge >= 0.3 is 0 Å². The van der Waals surface area contributed by atoms with E-state index in [4.69, 9.17) is 15.3 Å². The molecule has 0 radical (unpaired) electrons. The van der Waals surface area contributed by atoms with Crippen molar-refractivity contribution in [2.75, 3.05) is 12.1 Å². The zero-order valence-electron chi connectivity index (χ0n) is 16.3. The van der Waals surface area contributed by atoms with Crippen LogP contribution in [0, 0.1) is 19.8 Å². The van der Waals surface area contributed by atoms with Crippen molar-refractivity contribution in [3.8, 4) is 24.3 Å². The minimum atomic E-state index is 0.272. The van der Waals surface area contributed by atoms with Gasteiger partial charge in [-0.3, -0.25) is 0 Å². The van der Waals surface area contributed by atoms with Crippen molar-refractivity contribution in [3.05, 3.63) is 89.0 Å². The standard InChI is InChI=1S/C22H21N3O2.C2H2/c1-15-6-8-16(9-7-15)22(25-23)19-5-3-2-4-17(19)13-24-18-10-11-20-21(12-18)27-14-26-20;1-2/h2-12,24H,13-14,23H2,1H3;1-2H/b25-22-;. The molecular formula is C24H23N3O2. The summed E-state index contributed by atoms with van der Waals surface area (Å²) in [6.45, 7) is 2.97. The number of fused-ring (bicyclic) bond motifs is 1. The van der Waals surface area contributed by atoms with Crippen molar-refractivity contribution in [2.45, 2.75) is 13.5 Å². The number of aryl methyl sites for hydroxylation is 1. The van der Waals surface area contributed by atoms with Crippen molar-refractivity contribution >= 4 is 11.4 Å². The molecule has 1 aliphatic heterocycles. The van der Waals surface area contributed by atoms with Gasteiger partial charge in [0.15, 0.2) is 11.5 Å². The first-order valence-electron chi connectivity index (χ1n) is 9.14. The van der Waals surface area contributed by atoms with Gasteiger partial charge in [-0.1, -0.05) is 54.1 Å². The Morgan fingerprint density at radius 3 is 2.48 bits per heavy atom. The summed E-state index contributed by atoms with van der Waals surface area (Å²) in [5, 5.41) is 7.51. The minimum absolute atomic E-state index is 0.272. The molecule has 0 saturated heterocycles. The van der Waals surface area contributed by atoms with E-state index in [2.05, 4.69) is 48.4 Å². The monoisotopic (exact) mass is 385 g/mol. The average Bonchev–Trinajstić information content (AvgIpc) is 3.24. The normalized spacial score (nSPS) is 12.0.